The summed E-state index contributed by atoms with van der Waals surface area (Å²) in [6.45, 7) is 0.196. The molecule has 1 heterocycles. The molecule has 4 rings (SSSR count). The highest BCUT2D eigenvalue weighted by Crippen LogP contribution is 2.33. The van der Waals surface area contributed by atoms with Gasteiger partial charge in [-0.15, -0.1) is 0 Å². The second kappa shape index (κ2) is 9.60. The van der Waals surface area contributed by atoms with Gasteiger partial charge in [0.2, 0.25) is 10.0 Å². The van der Waals surface area contributed by atoms with Crippen LogP contribution in [0.15, 0.2) is 72.8 Å². The highest BCUT2D eigenvalue weighted by Gasteiger charge is 2.37. The van der Waals surface area contributed by atoms with Gasteiger partial charge in [-0.05, 0) is 60.4 Å². The Kier molecular flexibility index (Phi) is 6.62. The molecular formula is C24H23FN2O5S. The average molecular weight is 471 g/mol. The van der Waals surface area contributed by atoms with Crippen LogP contribution in [0, 0.1) is 5.82 Å². The van der Waals surface area contributed by atoms with E-state index in [1.807, 2.05) is 12.1 Å². The van der Waals surface area contributed by atoms with E-state index in [2.05, 4.69) is 0 Å². The molecule has 0 aromatic heterocycles. The zero-order valence-electron chi connectivity index (χ0n) is 17.7. The summed E-state index contributed by atoms with van der Waals surface area (Å²) < 4.78 is 51.3. The lowest BCUT2D eigenvalue weighted by Crippen LogP contribution is -2.43. The molecule has 1 aliphatic heterocycles. The van der Waals surface area contributed by atoms with E-state index in [9.17, 15) is 17.6 Å². The van der Waals surface area contributed by atoms with Gasteiger partial charge in [-0.3, -0.25) is 0 Å². The molecule has 0 aliphatic carbocycles. The van der Waals surface area contributed by atoms with Gasteiger partial charge in [0.05, 0.1) is 5.75 Å². The summed E-state index contributed by atoms with van der Waals surface area (Å²) in [6.07, 6.45) is -1.33. The fourth-order valence-electron chi connectivity index (χ4n) is 3.75. The quantitative estimate of drug-likeness (QED) is 0.560. The fraction of sp³-hybridized carbons (Fsp3) is 0.208. The molecular weight excluding hydrogens is 447 g/mol. The highest BCUT2D eigenvalue weighted by atomic mass is 32.2. The van der Waals surface area contributed by atoms with Crippen LogP contribution in [0.2, 0.25) is 0 Å². The van der Waals surface area contributed by atoms with Crippen molar-refractivity contribution in [2.75, 3.05) is 12.3 Å². The molecule has 33 heavy (non-hydrogen) atoms. The van der Waals surface area contributed by atoms with Crippen molar-refractivity contribution in [3.63, 3.8) is 0 Å². The number of hydrogen-bond donors (Lipinski definition) is 1. The third-order valence-corrected chi connectivity index (χ3v) is 7.20. The third kappa shape index (κ3) is 5.50. The van der Waals surface area contributed by atoms with Gasteiger partial charge in [-0.1, -0.05) is 36.4 Å². The van der Waals surface area contributed by atoms with Crippen LogP contribution in [0.25, 0.3) is 0 Å². The number of carbonyl (C=O) groups excluding carboxylic acids is 1. The zero-order valence-corrected chi connectivity index (χ0v) is 18.5. The molecule has 1 atom stereocenters. The summed E-state index contributed by atoms with van der Waals surface area (Å²) in [5.74, 6) is 0.541. The standard InChI is InChI=1S/C24H23FN2O5S/c25-19-7-11-21(12-8-19)31-20-9-5-17(6-10-20)14-16-33(29,30)27-15-13-18-3-1-2-4-22(18)23(27)32-24(26)28/h1-12,23H,13-16H2,(H2,26,28). The highest BCUT2D eigenvalue weighted by molar-refractivity contribution is 7.89. The van der Waals surface area contributed by atoms with E-state index in [1.54, 1.807) is 36.4 Å². The summed E-state index contributed by atoms with van der Waals surface area (Å²) in [5.41, 5.74) is 7.56. The predicted molar refractivity (Wildman–Crippen MR) is 121 cm³/mol. The van der Waals surface area contributed by atoms with Crippen LogP contribution in [0.1, 0.15) is 22.9 Å². The molecule has 1 aliphatic rings. The monoisotopic (exact) mass is 470 g/mol. The van der Waals surface area contributed by atoms with Crippen LogP contribution in [0.4, 0.5) is 9.18 Å². The number of aryl methyl sites for hydroxylation is 1. The molecule has 0 bridgehead atoms. The zero-order chi connectivity index (χ0) is 23.4. The SMILES string of the molecule is NC(=O)OC1c2ccccc2CCN1S(=O)(=O)CCc1ccc(Oc2ccc(F)cc2)cc1. The maximum absolute atomic E-state index is 13.1. The fourth-order valence-corrected chi connectivity index (χ4v) is 5.30. The Bertz CT molecular complexity index is 1230. The predicted octanol–water partition coefficient (Wildman–Crippen LogP) is 4.14. The Morgan fingerprint density at radius 3 is 2.30 bits per heavy atom. The largest absolute Gasteiger partial charge is 0.457 e. The molecule has 1 amide bonds. The van der Waals surface area contributed by atoms with Crippen molar-refractivity contribution in [1.29, 1.82) is 0 Å². The molecule has 3 aromatic carbocycles. The first-order valence-electron chi connectivity index (χ1n) is 10.4. The van der Waals surface area contributed by atoms with E-state index < -0.39 is 22.3 Å². The molecule has 0 radical (unpaired) electrons. The minimum atomic E-state index is -3.75. The summed E-state index contributed by atoms with van der Waals surface area (Å²) in [6, 6.07) is 19.9. The molecule has 0 saturated carbocycles. The van der Waals surface area contributed by atoms with E-state index in [1.165, 1.54) is 28.6 Å². The van der Waals surface area contributed by atoms with Crippen LogP contribution < -0.4 is 10.5 Å². The Hall–Kier alpha value is -3.43. The molecule has 172 valence electrons. The van der Waals surface area contributed by atoms with Gasteiger partial charge in [0.25, 0.3) is 0 Å². The molecule has 9 heteroatoms. The number of carbonyl (C=O) groups is 1. The second-order valence-electron chi connectivity index (χ2n) is 7.61. The van der Waals surface area contributed by atoms with Gasteiger partial charge in [-0.2, -0.15) is 4.31 Å². The summed E-state index contributed by atoms with van der Waals surface area (Å²) in [7, 11) is -3.75. The lowest BCUT2D eigenvalue weighted by Gasteiger charge is -2.35. The minimum Gasteiger partial charge on any atom is -0.457 e. The van der Waals surface area contributed by atoms with Gasteiger partial charge in [0.15, 0.2) is 6.23 Å². The van der Waals surface area contributed by atoms with Crippen LogP contribution in [0.5, 0.6) is 11.5 Å². The number of ether oxygens (including phenoxy) is 2. The van der Waals surface area contributed by atoms with Crippen molar-refractivity contribution in [1.82, 2.24) is 4.31 Å². The van der Waals surface area contributed by atoms with E-state index in [4.69, 9.17) is 15.2 Å². The van der Waals surface area contributed by atoms with Crippen molar-refractivity contribution in [3.05, 3.63) is 95.3 Å². The molecule has 0 spiro atoms. The van der Waals surface area contributed by atoms with Crippen molar-refractivity contribution in [2.45, 2.75) is 19.1 Å². The smallest absolute Gasteiger partial charge is 0.406 e. The molecule has 0 fully saturated rings. The van der Waals surface area contributed by atoms with Gasteiger partial charge in [0, 0.05) is 12.1 Å². The van der Waals surface area contributed by atoms with Crippen molar-refractivity contribution in [2.24, 2.45) is 5.73 Å². The summed E-state index contributed by atoms with van der Waals surface area (Å²) in [4.78, 5) is 11.5. The Labute approximate surface area is 191 Å². The van der Waals surface area contributed by atoms with Gasteiger partial charge < -0.3 is 15.2 Å². The first kappa shape index (κ1) is 22.8. The number of amides is 1. The number of hydrogen-bond acceptors (Lipinski definition) is 5. The molecule has 2 N–H and O–H groups in total. The topological polar surface area (TPSA) is 98.9 Å². The third-order valence-electron chi connectivity index (χ3n) is 5.39. The van der Waals surface area contributed by atoms with E-state index in [0.717, 1.165) is 11.1 Å². The number of nitrogens with zero attached hydrogens (tertiary/aromatic N) is 1. The van der Waals surface area contributed by atoms with Crippen LogP contribution in [-0.2, 0) is 27.6 Å². The first-order chi connectivity index (χ1) is 15.8. The lowest BCUT2D eigenvalue weighted by molar-refractivity contribution is 0.0295. The minimum absolute atomic E-state index is 0.161. The van der Waals surface area contributed by atoms with Crippen LogP contribution >= 0.6 is 0 Å². The van der Waals surface area contributed by atoms with Gasteiger partial charge >= 0.3 is 6.09 Å². The van der Waals surface area contributed by atoms with Crippen molar-refractivity contribution in [3.8, 4) is 11.5 Å². The maximum atomic E-state index is 13.1. The Balaban J connectivity index is 1.44. The first-order valence-corrected chi connectivity index (χ1v) is 12.0. The number of primary amides is 1. The number of fused-ring (bicyclic) bond motifs is 1. The molecule has 3 aromatic rings. The normalized spacial score (nSPS) is 16.1. The number of nitrogens with two attached hydrogens (primary N) is 1. The van der Waals surface area contributed by atoms with Crippen LogP contribution in [0.3, 0.4) is 0 Å². The molecule has 0 saturated heterocycles. The Morgan fingerprint density at radius 2 is 1.64 bits per heavy atom. The van der Waals surface area contributed by atoms with Crippen molar-refractivity contribution >= 4 is 16.1 Å². The molecule has 1 unspecified atom stereocenters. The molecule has 7 nitrogen and oxygen atoms in total. The number of sulfonamides is 1. The number of rotatable bonds is 7. The lowest BCUT2D eigenvalue weighted by atomic mass is 10.00. The summed E-state index contributed by atoms with van der Waals surface area (Å²) >= 11 is 0. The number of benzene rings is 3. The van der Waals surface area contributed by atoms with Gasteiger partial charge in [0.1, 0.15) is 17.3 Å². The summed E-state index contributed by atoms with van der Waals surface area (Å²) in [5, 5.41) is 0. The van der Waals surface area contributed by atoms with E-state index in [0.29, 0.717) is 23.5 Å². The maximum Gasteiger partial charge on any atom is 0.406 e. The Morgan fingerprint density at radius 1 is 1.00 bits per heavy atom. The van der Waals surface area contributed by atoms with Gasteiger partial charge in [-0.25, -0.2) is 17.6 Å². The van der Waals surface area contributed by atoms with Crippen LogP contribution in [-0.4, -0.2) is 31.1 Å². The van der Waals surface area contributed by atoms with E-state index >= 15 is 0 Å². The van der Waals surface area contributed by atoms with Crippen molar-refractivity contribution < 1.29 is 27.1 Å². The second-order valence-corrected chi connectivity index (χ2v) is 9.66. The number of halogens is 1. The average Bonchev–Trinajstić information content (AvgIpc) is 2.80. The van der Waals surface area contributed by atoms with E-state index in [-0.39, 0.29) is 24.5 Å².